The molecule has 1 aliphatic rings. The lowest BCUT2D eigenvalue weighted by atomic mass is 10.1. The number of nitrogens with two attached hydrogens (primary N) is 1. The predicted octanol–water partition coefficient (Wildman–Crippen LogP) is 1.26. The van der Waals surface area contributed by atoms with E-state index in [-0.39, 0.29) is 4.90 Å². The van der Waals surface area contributed by atoms with Gasteiger partial charge in [-0.1, -0.05) is 0 Å². The van der Waals surface area contributed by atoms with E-state index in [9.17, 15) is 8.42 Å². The Kier molecular flexibility index (Phi) is 4.26. The largest absolute Gasteiger partial charge is 0.381 e. The minimum Gasteiger partial charge on any atom is -0.381 e. The van der Waals surface area contributed by atoms with Gasteiger partial charge in [0.2, 0.25) is 10.0 Å². The van der Waals surface area contributed by atoms with Crippen LogP contribution in [0.15, 0.2) is 27.6 Å². The first-order valence-corrected chi connectivity index (χ1v) is 8.10. The summed E-state index contributed by atoms with van der Waals surface area (Å²) in [5, 5.41) is 11.8. The highest BCUT2D eigenvalue weighted by molar-refractivity contribution is 9.10. The Morgan fingerprint density at radius 1 is 1.33 bits per heavy atom. The first kappa shape index (κ1) is 13.8. The van der Waals surface area contributed by atoms with Gasteiger partial charge < -0.3 is 10.6 Å². The van der Waals surface area contributed by atoms with Crippen molar-refractivity contribution in [3.8, 4) is 0 Å². The van der Waals surface area contributed by atoms with Crippen LogP contribution in [-0.2, 0) is 10.0 Å². The van der Waals surface area contributed by atoms with Crippen LogP contribution in [0.25, 0.3) is 0 Å². The van der Waals surface area contributed by atoms with Gasteiger partial charge in [-0.2, -0.15) is 0 Å². The summed E-state index contributed by atoms with van der Waals surface area (Å²) < 4.78 is 23.1. The average molecular weight is 334 g/mol. The fraction of sp³-hybridized carbons (Fsp3) is 0.455. The molecule has 1 aliphatic heterocycles. The monoisotopic (exact) mass is 333 g/mol. The second-order valence-electron chi connectivity index (χ2n) is 4.36. The topological polar surface area (TPSA) is 84.2 Å². The molecule has 5 nitrogen and oxygen atoms in total. The summed E-state index contributed by atoms with van der Waals surface area (Å²) in [7, 11) is -3.64. The predicted molar refractivity (Wildman–Crippen MR) is 75.0 cm³/mol. The number of halogens is 1. The number of piperidine rings is 1. The molecule has 0 atom stereocenters. The molecule has 4 N–H and O–H groups in total. The molecular formula is C11H16BrN3O2S. The maximum absolute atomic E-state index is 11.2. The highest BCUT2D eigenvalue weighted by atomic mass is 79.9. The Bertz CT molecular complexity index is 527. The average Bonchev–Trinajstić information content (AvgIpc) is 2.32. The second-order valence-corrected chi connectivity index (χ2v) is 6.77. The van der Waals surface area contributed by atoms with Crippen molar-refractivity contribution in [1.29, 1.82) is 0 Å². The molecule has 1 aromatic rings. The fourth-order valence-corrected chi connectivity index (χ4v) is 3.16. The van der Waals surface area contributed by atoms with E-state index in [1.807, 2.05) is 0 Å². The van der Waals surface area contributed by atoms with Crippen molar-refractivity contribution in [3.63, 3.8) is 0 Å². The number of primary sulfonamides is 1. The summed E-state index contributed by atoms with van der Waals surface area (Å²) in [6, 6.07) is 5.21. The van der Waals surface area contributed by atoms with Gasteiger partial charge in [0, 0.05) is 16.2 Å². The van der Waals surface area contributed by atoms with E-state index in [1.54, 1.807) is 6.07 Å². The zero-order chi connectivity index (χ0) is 13.2. The Balaban J connectivity index is 2.14. The molecule has 18 heavy (non-hydrogen) atoms. The van der Waals surface area contributed by atoms with Crippen molar-refractivity contribution in [2.75, 3.05) is 18.4 Å². The fourth-order valence-electron chi connectivity index (χ4n) is 1.98. The molecule has 1 saturated heterocycles. The summed E-state index contributed by atoms with van der Waals surface area (Å²) in [5.41, 5.74) is 0.898. The number of hydrogen-bond acceptors (Lipinski definition) is 4. The van der Waals surface area contributed by atoms with Crippen LogP contribution in [0.5, 0.6) is 0 Å². The normalized spacial score (nSPS) is 17.7. The Labute approximate surface area is 115 Å². The lowest BCUT2D eigenvalue weighted by Crippen LogP contribution is -2.35. The number of anilines is 1. The van der Waals surface area contributed by atoms with Crippen LogP contribution in [-0.4, -0.2) is 27.5 Å². The summed E-state index contributed by atoms with van der Waals surface area (Å²) in [6.07, 6.45) is 2.12. The maximum Gasteiger partial charge on any atom is 0.238 e. The van der Waals surface area contributed by atoms with Crippen molar-refractivity contribution in [2.24, 2.45) is 5.14 Å². The molecule has 1 heterocycles. The first-order chi connectivity index (χ1) is 8.47. The standard InChI is InChI=1S/C11H16BrN3O2S/c12-10-7-9(18(13,16)17)1-2-11(10)15-8-3-5-14-6-4-8/h1-2,7-8,14-15H,3-6H2,(H2,13,16,17). The number of sulfonamides is 1. The smallest absolute Gasteiger partial charge is 0.238 e. The van der Waals surface area contributed by atoms with Gasteiger partial charge in [-0.3, -0.25) is 0 Å². The molecule has 1 fully saturated rings. The molecule has 0 amide bonds. The van der Waals surface area contributed by atoms with Gasteiger partial charge in [-0.15, -0.1) is 0 Å². The molecule has 1 aromatic carbocycles. The van der Waals surface area contributed by atoms with Crippen LogP contribution in [0.4, 0.5) is 5.69 Å². The van der Waals surface area contributed by atoms with Crippen molar-refractivity contribution < 1.29 is 8.42 Å². The van der Waals surface area contributed by atoms with Crippen LogP contribution in [0, 0.1) is 0 Å². The first-order valence-electron chi connectivity index (χ1n) is 5.76. The number of rotatable bonds is 3. The van der Waals surface area contributed by atoms with Gasteiger partial charge in [0.25, 0.3) is 0 Å². The van der Waals surface area contributed by atoms with E-state index in [1.165, 1.54) is 12.1 Å². The lowest BCUT2D eigenvalue weighted by molar-refractivity contribution is 0.479. The third-order valence-electron chi connectivity index (χ3n) is 2.97. The second kappa shape index (κ2) is 5.56. The summed E-state index contributed by atoms with van der Waals surface area (Å²) in [5.74, 6) is 0. The third-order valence-corrected chi connectivity index (χ3v) is 4.53. The minimum absolute atomic E-state index is 0.116. The van der Waals surface area contributed by atoms with Gasteiger partial charge >= 0.3 is 0 Å². The van der Waals surface area contributed by atoms with Crippen LogP contribution in [0.1, 0.15) is 12.8 Å². The van der Waals surface area contributed by atoms with Crippen LogP contribution >= 0.6 is 15.9 Å². The van der Waals surface area contributed by atoms with Gasteiger partial charge in [-0.25, -0.2) is 13.6 Å². The van der Waals surface area contributed by atoms with E-state index in [4.69, 9.17) is 5.14 Å². The summed E-state index contributed by atoms with van der Waals surface area (Å²) >= 11 is 3.37. The SMILES string of the molecule is NS(=O)(=O)c1ccc(NC2CCNCC2)c(Br)c1. The van der Waals surface area contributed by atoms with Crippen LogP contribution < -0.4 is 15.8 Å². The van der Waals surface area contributed by atoms with E-state index in [2.05, 4.69) is 26.6 Å². The zero-order valence-corrected chi connectivity index (χ0v) is 12.2. The molecular weight excluding hydrogens is 318 g/mol. The third kappa shape index (κ3) is 3.44. The number of benzene rings is 1. The Hall–Kier alpha value is -0.630. The number of hydrogen-bond donors (Lipinski definition) is 3. The molecule has 2 rings (SSSR count). The number of nitrogens with one attached hydrogen (secondary N) is 2. The molecule has 0 saturated carbocycles. The van der Waals surface area contributed by atoms with Crippen molar-refractivity contribution >= 4 is 31.6 Å². The quantitative estimate of drug-likeness (QED) is 0.777. The van der Waals surface area contributed by atoms with E-state index in [0.717, 1.165) is 31.6 Å². The summed E-state index contributed by atoms with van der Waals surface area (Å²) in [6.45, 7) is 2.01. The maximum atomic E-state index is 11.2. The van der Waals surface area contributed by atoms with E-state index >= 15 is 0 Å². The molecule has 0 aromatic heterocycles. The van der Waals surface area contributed by atoms with E-state index < -0.39 is 10.0 Å². The van der Waals surface area contributed by atoms with Crippen LogP contribution in [0.3, 0.4) is 0 Å². The molecule has 0 aliphatic carbocycles. The highest BCUT2D eigenvalue weighted by Gasteiger charge is 2.15. The molecule has 0 unspecified atom stereocenters. The molecule has 7 heteroatoms. The van der Waals surface area contributed by atoms with Crippen LogP contribution in [0.2, 0.25) is 0 Å². The van der Waals surface area contributed by atoms with E-state index in [0.29, 0.717) is 10.5 Å². The van der Waals surface area contributed by atoms with Crippen molar-refractivity contribution in [3.05, 3.63) is 22.7 Å². The molecule has 0 spiro atoms. The molecule has 100 valence electrons. The Morgan fingerprint density at radius 2 is 2.00 bits per heavy atom. The highest BCUT2D eigenvalue weighted by Crippen LogP contribution is 2.26. The van der Waals surface area contributed by atoms with Gasteiger partial charge in [0.15, 0.2) is 0 Å². The lowest BCUT2D eigenvalue weighted by Gasteiger charge is -2.25. The minimum atomic E-state index is -3.64. The molecule has 0 radical (unpaired) electrons. The summed E-state index contributed by atoms with van der Waals surface area (Å²) in [4.78, 5) is 0.116. The van der Waals surface area contributed by atoms with Gasteiger partial charge in [0.05, 0.1) is 4.90 Å². The molecule has 0 bridgehead atoms. The Morgan fingerprint density at radius 3 is 2.56 bits per heavy atom. The van der Waals surface area contributed by atoms with Crippen molar-refractivity contribution in [1.82, 2.24) is 5.32 Å². The van der Waals surface area contributed by atoms with Gasteiger partial charge in [-0.05, 0) is 60.1 Å². The van der Waals surface area contributed by atoms with Gasteiger partial charge in [0.1, 0.15) is 0 Å². The van der Waals surface area contributed by atoms with Crippen molar-refractivity contribution in [2.45, 2.75) is 23.8 Å². The zero-order valence-electron chi connectivity index (χ0n) is 9.82.